The third kappa shape index (κ3) is 52.9. The van der Waals surface area contributed by atoms with E-state index in [0.29, 0.717) is 25.9 Å². The van der Waals surface area contributed by atoms with Crippen LogP contribution in [0, 0.1) is 0 Å². The smallest absolute Gasteiger partial charge is 0.306 e. The van der Waals surface area contributed by atoms with E-state index in [4.69, 9.17) is 14.2 Å². The zero-order chi connectivity index (χ0) is 47.7. The minimum atomic E-state index is -0.585. The molecule has 1 atom stereocenters. The molecule has 374 valence electrons. The second kappa shape index (κ2) is 55.6. The van der Waals surface area contributed by atoms with Gasteiger partial charge < -0.3 is 14.2 Å². The molecule has 0 saturated heterocycles. The van der Waals surface area contributed by atoms with E-state index in [-0.39, 0.29) is 25.2 Å². The molecule has 1 unspecified atom stereocenters. The van der Waals surface area contributed by atoms with Crippen molar-refractivity contribution < 1.29 is 23.8 Å². The molecule has 0 amide bonds. The van der Waals surface area contributed by atoms with Gasteiger partial charge in [0.25, 0.3) is 0 Å². The van der Waals surface area contributed by atoms with Gasteiger partial charge in [-0.2, -0.15) is 0 Å². The second-order valence-corrected chi connectivity index (χ2v) is 17.4. The molecule has 0 rings (SSSR count). The van der Waals surface area contributed by atoms with Gasteiger partial charge in [-0.3, -0.25) is 9.59 Å². The summed E-state index contributed by atoms with van der Waals surface area (Å²) in [5, 5.41) is 0. The van der Waals surface area contributed by atoms with Crippen LogP contribution in [-0.4, -0.2) is 37.9 Å². The Bertz CT molecular complexity index is 1350. The van der Waals surface area contributed by atoms with Crippen molar-refractivity contribution in [2.75, 3.05) is 19.8 Å². The van der Waals surface area contributed by atoms with Gasteiger partial charge in [-0.25, -0.2) is 0 Å². The number of esters is 2. The van der Waals surface area contributed by atoms with Gasteiger partial charge in [0.1, 0.15) is 6.61 Å². The van der Waals surface area contributed by atoms with Crippen LogP contribution in [0.2, 0.25) is 0 Å². The Kier molecular flexibility index (Phi) is 52.5. The lowest BCUT2D eigenvalue weighted by Gasteiger charge is -2.18. The van der Waals surface area contributed by atoms with Crippen LogP contribution in [0.5, 0.6) is 0 Å². The predicted octanol–water partition coefficient (Wildman–Crippen LogP) is 18.6. The summed E-state index contributed by atoms with van der Waals surface area (Å²) >= 11 is 0. The van der Waals surface area contributed by atoms with E-state index < -0.39 is 6.10 Å². The number of hydrogen-bond donors (Lipinski definition) is 0. The average molecular weight is 913 g/mol. The van der Waals surface area contributed by atoms with Gasteiger partial charge in [0, 0.05) is 19.4 Å². The van der Waals surface area contributed by atoms with E-state index in [9.17, 15) is 9.59 Å². The summed E-state index contributed by atoms with van der Waals surface area (Å²) in [6.07, 6.45) is 77.9. The lowest BCUT2D eigenvalue weighted by Crippen LogP contribution is -2.30. The number of carbonyl (C=O) groups is 2. The Morgan fingerprint density at radius 3 is 1.21 bits per heavy atom. The molecule has 0 aromatic carbocycles. The molecule has 0 bridgehead atoms. The molecule has 0 spiro atoms. The monoisotopic (exact) mass is 913 g/mol. The van der Waals surface area contributed by atoms with E-state index in [2.05, 4.69) is 136 Å². The third-order valence-electron chi connectivity index (χ3n) is 11.0. The Labute approximate surface area is 407 Å². The number of carbonyl (C=O) groups excluding carboxylic acids is 2. The minimum Gasteiger partial charge on any atom is -0.462 e. The van der Waals surface area contributed by atoms with Gasteiger partial charge in [-0.1, -0.05) is 219 Å². The van der Waals surface area contributed by atoms with Crippen LogP contribution in [0.1, 0.15) is 226 Å². The van der Waals surface area contributed by atoms with Crippen LogP contribution in [-0.2, 0) is 23.8 Å². The maximum absolute atomic E-state index is 12.8. The highest BCUT2D eigenvalue weighted by molar-refractivity contribution is 5.70. The highest BCUT2D eigenvalue weighted by atomic mass is 16.6. The first-order valence-corrected chi connectivity index (χ1v) is 27.1. The van der Waals surface area contributed by atoms with Crippen LogP contribution in [0.3, 0.4) is 0 Å². The van der Waals surface area contributed by atoms with Crippen LogP contribution >= 0.6 is 0 Å². The van der Waals surface area contributed by atoms with Crippen LogP contribution < -0.4 is 0 Å². The number of ether oxygens (including phenoxy) is 3. The first kappa shape index (κ1) is 62.3. The molecule has 0 radical (unpaired) electrons. The van der Waals surface area contributed by atoms with E-state index in [1.807, 2.05) is 6.08 Å². The first-order valence-electron chi connectivity index (χ1n) is 27.1. The average Bonchev–Trinajstić information content (AvgIpc) is 3.32. The Hall–Kier alpha value is -3.70. The van der Waals surface area contributed by atoms with Gasteiger partial charge in [-0.05, 0) is 116 Å². The van der Waals surface area contributed by atoms with Crippen molar-refractivity contribution in [2.45, 2.75) is 232 Å². The molecule has 0 N–H and O–H groups in total. The van der Waals surface area contributed by atoms with E-state index >= 15 is 0 Å². The molecule has 0 aliphatic carbocycles. The summed E-state index contributed by atoms with van der Waals surface area (Å²) in [7, 11) is 0. The fraction of sp³-hybridized carbons (Fsp3) is 0.639. The fourth-order valence-electron chi connectivity index (χ4n) is 6.93. The summed E-state index contributed by atoms with van der Waals surface area (Å²) in [6, 6.07) is 0. The summed E-state index contributed by atoms with van der Waals surface area (Å²) in [4.78, 5) is 25.4. The molecular formula is C61H100O5. The van der Waals surface area contributed by atoms with Crippen molar-refractivity contribution in [3.63, 3.8) is 0 Å². The Morgan fingerprint density at radius 1 is 0.348 bits per heavy atom. The normalized spacial score (nSPS) is 13.2. The van der Waals surface area contributed by atoms with Crippen molar-refractivity contribution in [1.29, 1.82) is 0 Å². The highest BCUT2D eigenvalue weighted by Gasteiger charge is 2.17. The van der Waals surface area contributed by atoms with Crippen LogP contribution in [0.25, 0.3) is 0 Å². The van der Waals surface area contributed by atoms with Gasteiger partial charge >= 0.3 is 11.9 Å². The van der Waals surface area contributed by atoms with Gasteiger partial charge in [0.2, 0.25) is 0 Å². The largest absolute Gasteiger partial charge is 0.462 e. The van der Waals surface area contributed by atoms with Crippen molar-refractivity contribution in [3.8, 4) is 0 Å². The number of unbranched alkanes of at least 4 members (excludes halogenated alkanes) is 17. The lowest BCUT2D eigenvalue weighted by atomic mass is 10.1. The molecule has 0 aliphatic heterocycles. The molecule has 0 aromatic rings. The minimum absolute atomic E-state index is 0.0302. The van der Waals surface area contributed by atoms with Gasteiger partial charge in [0.05, 0.1) is 6.61 Å². The number of rotatable bonds is 48. The molecule has 0 aliphatic rings. The summed E-state index contributed by atoms with van der Waals surface area (Å²) < 4.78 is 17.3. The predicted molar refractivity (Wildman–Crippen MR) is 288 cm³/mol. The molecule has 5 heteroatoms. The third-order valence-corrected chi connectivity index (χ3v) is 11.0. The summed E-state index contributed by atoms with van der Waals surface area (Å²) in [5.41, 5.74) is 0. The van der Waals surface area contributed by atoms with Crippen molar-refractivity contribution in [2.24, 2.45) is 0 Å². The quantitative estimate of drug-likeness (QED) is 0.0346. The van der Waals surface area contributed by atoms with Crippen LogP contribution in [0.15, 0.2) is 122 Å². The lowest BCUT2D eigenvalue weighted by molar-refractivity contribution is -0.162. The number of allylic oxidation sites excluding steroid dienone is 20. The molecule has 0 heterocycles. The van der Waals surface area contributed by atoms with E-state index in [1.165, 1.54) is 96.3 Å². The van der Waals surface area contributed by atoms with Crippen molar-refractivity contribution >= 4 is 11.9 Å². The molecule has 0 fully saturated rings. The topological polar surface area (TPSA) is 61.8 Å². The second-order valence-electron chi connectivity index (χ2n) is 17.4. The number of hydrogen-bond acceptors (Lipinski definition) is 5. The molecule has 0 aromatic heterocycles. The maximum atomic E-state index is 12.8. The highest BCUT2D eigenvalue weighted by Crippen LogP contribution is 2.12. The van der Waals surface area contributed by atoms with Crippen molar-refractivity contribution in [3.05, 3.63) is 122 Å². The maximum Gasteiger partial charge on any atom is 0.306 e. The molecule has 0 saturated carbocycles. The fourth-order valence-corrected chi connectivity index (χ4v) is 6.93. The Balaban J connectivity index is 4.42. The summed E-state index contributed by atoms with van der Waals surface area (Å²) in [5.74, 6) is -0.518. The molecule has 66 heavy (non-hydrogen) atoms. The van der Waals surface area contributed by atoms with Gasteiger partial charge in [-0.15, -0.1) is 0 Å². The van der Waals surface area contributed by atoms with Gasteiger partial charge in [0.15, 0.2) is 6.10 Å². The summed E-state index contributed by atoms with van der Waals surface area (Å²) in [6.45, 7) is 7.54. The zero-order valence-electron chi connectivity index (χ0n) is 42.9. The SMILES string of the molecule is CC/C=C\C/C=C\C/C=C\C/C=C\C/C=C\C/C=C\CCC(=O)OCC(COCCCCCCCC/C=C\CCCC)OC(=O)CCCCCCCC/C=C\C/C=C\C/C=C\CCCCC. The molecule has 5 nitrogen and oxygen atoms in total. The zero-order valence-corrected chi connectivity index (χ0v) is 42.9. The molecular weight excluding hydrogens is 813 g/mol. The van der Waals surface area contributed by atoms with Crippen molar-refractivity contribution in [1.82, 2.24) is 0 Å². The van der Waals surface area contributed by atoms with Crippen LogP contribution in [0.4, 0.5) is 0 Å². The first-order chi connectivity index (χ1) is 32.6. The van der Waals surface area contributed by atoms with E-state index in [1.54, 1.807) is 0 Å². The Morgan fingerprint density at radius 2 is 0.727 bits per heavy atom. The van der Waals surface area contributed by atoms with E-state index in [0.717, 1.165) is 89.9 Å². The standard InChI is InChI=1S/C61H100O5/c1-4-7-10-13-16-19-22-25-27-29-31-33-35-37-39-42-45-48-51-54-60(62)65-58-59(57-64-56-53-50-47-44-41-24-21-18-15-12-9-6-3)66-61(63)55-52-49-46-43-40-38-36-34-32-30-28-26-23-20-17-14-11-8-5-2/h7,10,15-20,25-28,31-34,37,39,45,48,59H,4-6,8-9,11-14,21-24,29-30,35-36,38,40-44,46-47,49-58H2,1-3H3/b10-7-,18-15-,19-16-,20-17-,27-25-,28-26-,33-31-,34-32-,39-37-,48-45-.